The third kappa shape index (κ3) is 3.44. The summed E-state index contributed by atoms with van der Waals surface area (Å²) in [7, 11) is 1.72. The largest absolute Gasteiger partial charge is 0.440 e. The Morgan fingerprint density at radius 1 is 1.21 bits per heavy atom. The van der Waals surface area contributed by atoms with Crippen LogP contribution in [-0.4, -0.2) is 22.6 Å². The van der Waals surface area contributed by atoms with Crippen LogP contribution in [0, 0.1) is 18.3 Å². The lowest BCUT2D eigenvalue weighted by Crippen LogP contribution is -2.43. The van der Waals surface area contributed by atoms with Crippen molar-refractivity contribution in [3.05, 3.63) is 68.2 Å². The van der Waals surface area contributed by atoms with Crippen LogP contribution in [0.1, 0.15) is 43.2 Å². The number of piperidine rings is 1. The highest BCUT2D eigenvalue weighted by atomic mass is 79.9. The van der Waals surface area contributed by atoms with Crippen LogP contribution in [0.4, 0.5) is 5.69 Å². The van der Waals surface area contributed by atoms with E-state index in [2.05, 4.69) is 46.8 Å². The van der Waals surface area contributed by atoms with E-state index in [0.29, 0.717) is 0 Å². The van der Waals surface area contributed by atoms with Crippen molar-refractivity contribution in [1.29, 1.82) is 5.26 Å². The minimum absolute atomic E-state index is 0.158. The van der Waals surface area contributed by atoms with Crippen molar-refractivity contribution in [1.82, 2.24) is 9.55 Å². The molecule has 0 N–H and O–H groups in total. The molecule has 0 unspecified atom stereocenters. The van der Waals surface area contributed by atoms with Gasteiger partial charge in [-0.15, -0.1) is 0 Å². The summed E-state index contributed by atoms with van der Waals surface area (Å²) < 4.78 is 8.68. The highest BCUT2D eigenvalue weighted by Crippen LogP contribution is 2.42. The molecule has 1 fully saturated rings. The predicted molar refractivity (Wildman–Crippen MR) is 134 cm³/mol. The number of nitriles is 1. The third-order valence-electron chi connectivity index (χ3n) is 7.15. The normalized spacial score (nSPS) is 15.8. The number of aromatic nitrogens is 2. The zero-order valence-electron chi connectivity index (χ0n) is 19.0. The smallest absolute Gasteiger partial charge is 0.270 e. The molecule has 0 atom stereocenters. The molecule has 168 valence electrons. The van der Waals surface area contributed by atoms with Crippen LogP contribution in [0.2, 0.25) is 0 Å². The Labute approximate surface area is 200 Å². The van der Waals surface area contributed by atoms with Crippen LogP contribution in [0.5, 0.6) is 0 Å². The highest BCUT2D eigenvalue weighted by Gasteiger charge is 2.40. The van der Waals surface area contributed by atoms with E-state index in [1.165, 1.54) is 0 Å². The predicted octanol–water partition coefficient (Wildman–Crippen LogP) is 5.57. The molecule has 0 bridgehead atoms. The SMILES string of the molecule is CCC1(c2nc3cc(C)ccc3o2)CCN(c2c(C#N)c(=O)n(C)c3cc(Br)ccc23)CC1. The van der Waals surface area contributed by atoms with Gasteiger partial charge in [-0.05, 0) is 62.1 Å². The van der Waals surface area contributed by atoms with Gasteiger partial charge in [-0.1, -0.05) is 28.9 Å². The number of hydrogen-bond acceptors (Lipinski definition) is 5. The van der Waals surface area contributed by atoms with E-state index in [1.54, 1.807) is 11.6 Å². The Morgan fingerprint density at radius 2 is 1.97 bits per heavy atom. The molecule has 2 aromatic carbocycles. The summed E-state index contributed by atoms with van der Waals surface area (Å²) in [6, 6.07) is 14.1. The van der Waals surface area contributed by atoms with Gasteiger partial charge in [-0.2, -0.15) is 5.26 Å². The van der Waals surface area contributed by atoms with E-state index in [9.17, 15) is 10.1 Å². The van der Waals surface area contributed by atoms with E-state index >= 15 is 0 Å². The summed E-state index contributed by atoms with van der Waals surface area (Å²) in [6.45, 7) is 5.68. The van der Waals surface area contributed by atoms with Crippen LogP contribution in [-0.2, 0) is 12.5 Å². The molecule has 3 heterocycles. The number of anilines is 1. The number of rotatable bonds is 3. The van der Waals surface area contributed by atoms with Gasteiger partial charge >= 0.3 is 0 Å². The average Bonchev–Trinajstić information content (AvgIpc) is 3.25. The van der Waals surface area contributed by atoms with Gasteiger partial charge in [0.05, 0.1) is 16.6 Å². The molecule has 1 aliphatic rings. The second-order valence-corrected chi connectivity index (χ2v) is 9.89. The van der Waals surface area contributed by atoms with Gasteiger partial charge in [0.25, 0.3) is 5.56 Å². The second kappa shape index (κ2) is 8.03. The van der Waals surface area contributed by atoms with Gasteiger partial charge in [0.2, 0.25) is 5.89 Å². The standard InChI is InChI=1S/C26H25BrN4O2/c1-4-26(25-29-20-13-16(2)5-8-22(20)33-25)9-11-31(12-10-26)23-18-7-6-17(27)14-21(18)30(3)24(32)19(23)15-28/h5-8,13-14H,4,9-12H2,1-3H3. The summed E-state index contributed by atoms with van der Waals surface area (Å²) in [4.78, 5) is 20.0. The Bertz CT molecular complexity index is 1490. The Hall–Kier alpha value is -3.11. The van der Waals surface area contributed by atoms with Gasteiger partial charge in [-0.25, -0.2) is 4.98 Å². The molecule has 0 amide bonds. The number of hydrogen-bond donors (Lipinski definition) is 0. The van der Waals surface area contributed by atoms with Crippen molar-refractivity contribution in [3.63, 3.8) is 0 Å². The lowest BCUT2D eigenvalue weighted by Gasteiger charge is -2.41. The summed E-state index contributed by atoms with van der Waals surface area (Å²) in [5.41, 5.74) is 4.21. The van der Waals surface area contributed by atoms with Crippen molar-refractivity contribution in [2.75, 3.05) is 18.0 Å². The Balaban J connectivity index is 1.55. The average molecular weight is 505 g/mol. The van der Waals surface area contributed by atoms with E-state index in [0.717, 1.165) is 76.0 Å². The van der Waals surface area contributed by atoms with Crippen molar-refractivity contribution in [2.24, 2.45) is 7.05 Å². The van der Waals surface area contributed by atoms with Gasteiger partial charge in [-0.3, -0.25) is 4.79 Å². The molecular formula is C26H25BrN4O2. The first-order chi connectivity index (χ1) is 15.9. The van der Waals surface area contributed by atoms with Crippen molar-refractivity contribution < 1.29 is 4.42 Å². The second-order valence-electron chi connectivity index (χ2n) is 8.97. The fraction of sp³-hybridized carbons (Fsp3) is 0.346. The number of halogens is 1. The van der Waals surface area contributed by atoms with E-state index in [4.69, 9.17) is 9.40 Å². The lowest BCUT2D eigenvalue weighted by molar-refractivity contribution is 0.259. The zero-order valence-corrected chi connectivity index (χ0v) is 20.6. The van der Waals surface area contributed by atoms with Crippen molar-refractivity contribution >= 4 is 43.6 Å². The first-order valence-corrected chi connectivity index (χ1v) is 12.0. The molecule has 7 heteroatoms. The number of benzene rings is 2. The molecule has 33 heavy (non-hydrogen) atoms. The lowest BCUT2D eigenvalue weighted by atomic mass is 9.75. The van der Waals surface area contributed by atoms with E-state index in [1.807, 2.05) is 30.3 Å². The molecule has 1 aliphatic heterocycles. The van der Waals surface area contributed by atoms with Crippen LogP contribution in [0.15, 0.2) is 50.1 Å². The summed E-state index contributed by atoms with van der Waals surface area (Å²) in [5.74, 6) is 0.795. The Morgan fingerprint density at radius 3 is 2.67 bits per heavy atom. The van der Waals surface area contributed by atoms with Crippen LogP contribution in [0.25, 0.3) is 22.0 Å². The van der Waals surface area contributed by atoms with Gasteiger partial charge < -0.3 is 13.9 Å². The number of fused-ring (bicyclic) bond motifs is 2. The maximum atomic E-state index is 13.0. The van der Waals surface area contributed by atoms with Crippen LogP contribution in [0.3, 0.4) is 0 Å². The fourth-order valence-corrected chi connectivity index (χ4v) is 5.42. The monoisotopic (exact) mass is 504 g/mol. The molecule has 0 saturated carbocycles. The minimum Gasteiger partial charge on any atom is -0.440 e. The molecule has 1 saturated heterocycles. The topological polar surface area (TPSA) is 75.1 Å². The van der Waals surface area contributed by atoms with Crippen LogP contribution >= 0.6 is 15.9 Å². The van der Waals surface area contributed by atoms with Crippen LogP contribution < -0.4 is 10.5 Å². The molecule has 4 aromatic rings. The molecule has 5 rings (SSSR count). The first kappa shape index (κ1) is 21.7. The van der Waals surface area contributed by atoms with Gasteiger partial charge in [0.1, 0.15) is 17.1 Å². The van der Waals surface area contributed by atoms with Gasteiger partial charge in [0, 0.05) is 30.0 Å². The molecule has 0 spiro atoms. The molecular weight excluding hydrogens is 480 g/mol. The van der Waals surface area contributed by atoms with E-state index < -0.39 is 0 Å². The molecule has 0 aliphatic carbocycles. The fourth-order valence-electron chi connectivity index (χ4n) is 5.07. The van der Waals surface area contributed by atoms with E-state index in [-0.39, 0.29) is 16.5 Å². The number of nitrogens with zero attached hydrogens (tertiary/aromatic N) is 4. The maximum Gasteiger partial charge on any atom is 0.270 e. The first-order valence-electron chi connectivity index (χ1n) is 11.2. The van der Waals surface area contributed by atoms with Gasteiger partial charge in [0.15, 0.2) is 5.58 Å². The molecule has 0 radical (unpaired) electrons. The summed E-state index contributed by atoms with van der Waals surface area (Å²) in [6.07, 6.45) is 2.60. The number of aryl methyl sites for hydroxylation is 2. The summed E-state index contributed by atoms with van der Waals surface area (Å²) >= 11 is 3.50. The number of oxazole rings is 1. The zero-order chi connectivity index (χ0) is 23.3. The molecule has 2 aromatic heterocycles. The quantitative estimate of drug-likeness (QED) is 0.364. The Kier molecular flexibility index (Phi) is 5.29. The highest BCUT2D eigenvalue weighted by molar-refractivity contribution is 9.10. The van der Waals surface area contributed by atoms with Crippen molar-refractivity contribution in [3.8, 4) is 6.07 Å². The summed E-state index contributed by atoms with van der Waals surface area (Å²) in [5, 5.41) is 10.8. The number of pyridine rings is 1. The maximum absolute atomic E-state index is 13.0. The third-order valence-corrected chi connectivity index (χ3v) is 7.65. The molecule has 6 nitrogen and oxygen atoms in total. The minimum atomic E-state index is -0.264. The van der Waals surface area contributed by atoms with Crippen molar-refractivity contribution in [2.45, 2.75) is 38.5 Å².